The topological polar surface area (TPSA) is 26.3 Å². The number of rotatable bonds is 3. The van der Waals surface area contributed by atoms with Gasteiger partial charge in [0.25, 0.3) is 0 Å². The number of methoxy groups -OCH3 is 1. The molecule has 1 atom stereocenters. The number of halogens is 1. The van der Waals surface area contributed by atoms with Gasteiger partial charge >= 0.3 is 0 Å². The Hall–Kier alpha value is -0.830. The van der Waals surface area contributed by atoms with Crippen molar-refractivity contribution in [3.8, 4) is 5.75 Å². The van der Waals surface area contributed by atoms with Crippen molar-refractivity contribution < 1.29 is 9.53 Å². The van der Waals surface area contributed by atoms with Gasteiger partial charge in [-0.1, -0.05) is 0 Å². The molecule has 1 aliphatic rings. The molecular formula is C13H15BrO2. The zero-order valence-corrected chi connectivity index (χ0v) is 11.1. The van der Waals surface area contributed by atoms with Crippen molar-refractivity contribution in [3.05, 3.63) is 27.7 Å². The van der Waals surface area contributed by atoms with Crippen molar-refractivity contribution in [1.29, 1.82) is 0 Å². The van der Waals surface area contributed by atoms with Crippen molar-refractivity contribution >= 4 is 21.7 Å². The van der Waals surface area contributed by atoms with Crippen molar-refractivity contribution in [1.82, 2.24) is 0 Å². The van der Waals surface area contributed by atoms with Crippen LogP contribution < -0.4 is 4.74 Å². The van der Waals surface area contributed by atoms with Crippen molar-refractivity contribution in [2.75, 3.05) is 7.11 Å². The van der Waals surface area contributed by atoms with E-state index in [9.17, 15) is 4.79 Å². The smallest absolute Gasteiger partial charge is 0.133 e. The van der Waals surface area contributed by atoms with Crippen molar-refractivity contribution in [2.45, 2.75) is 32.1 Å². The molecule has 2 rings (SSSR count). The summed E-state index contributed by atoms with van der Waals surface area (Å²) in [5.74, 6) is 1.50. The van der Waals surface area contributed by atoms with Gasteiger partial charge in [-0.2, -0.15) is 0 Å². The van der Waals surface area contributed by atoms with Gasteiger partial charge in [0.05, 0.1) is 11.6 Å². The third-order valence-corrected chi connectivity index (χ3v) is 3.77. The summed E-state index contributed by atoms with van der Waals surface area (Å²) in [5.41, 5.74) is 2.63. The number of hydrogen-bond donors (Lipinski definition) is 0. The second kappa shape index (κ2) is 4.58. The molecule has 1 aliphatic carbocycles. The van der Waals surface area contributed by atoms with Gasteiger partial charge in [-0.15, -0.1) is 0 Å². The second-order valence-corrected chi connectivity index (χ2v) is 5.18. The minimum Gasteiger partial charge on any atom is -0.496 e. The zero-order valence-electron chi connectivity index (χ0n) is 9.55. The standard InChI is InChI=1S/C13H15BrO2/c1-8(15)5-9-3-4-10-6-12(14)13(16-2)7-11(9)10/h6-7,9H,3-5H2,1-2H3. The maximum Gasteiger partial charge on any atom is 0.133 e. The summed E-state index contributed by atoms with van der Waals surface area (Å²) in [4.78, 5) is 11.2. The highest BCUT2D eigenvalue weighted by atomic mass is 79.9. The van der Waals surface area contributed by atoms with Crippen LogP contribution in [0.2, 0.25) is 0 Å². The summed E-state index contributed by atoms with van der Waals surface area (Å²) in [6.07, 6.45) is 2.79. The lowest BCUT2D eigenvalue weighted by Gasteiger charge is -2.12. The average molecular weight is 283 g/mol. The van der Waals surface area contributed by atoms with Crippen LogP contribution in [0.4, 0.5) is 0 Å². The van der Waals surface area contributed by atoms with E-state index in [1.54, 1.807) is 14.0 Å². The molecule has 0 saturated carbocycles. The molecule has 3 heteroatoms. The van der Waals surface area contributed by atoms with Gasteiger partial charge in [0, 0.05) is 6.42 Å². The van der Waals surface area contributed by atoms with Gasteiger partial charge in [0.1, 0.15) is 11.5 Å². The van der Waals surface area contributed by atoms with E-state index < -0.39 is 0 Å². The van der Waals surface area contributed by atoms with Gasteiger partial charge in [0.15, 0.2) is 0 Å². The number of aryl methyl sites for hydroxylation is 1. The van der Waals surface area contributed by atoms with Crippen LogP contribution in [-0.4, -0.2) is 12.9 Å². The van der Waals surface area contributed by atoms with Crippen LogP contribution in [-0.2, 0) is 11.2 Å². The van der Waals surface area contributed by atoms with E-state index in [-0.39, 0.29) is 5.78 Å². The first-order valence-electron chi connectivity index (χ1n) is 5.47. The van der Waals surface area contributed by atoms with E-state index in [0.717, 1.165) is 23.1 Å². The maximum atomic E-state index is 11.2. The Morgan fingerprint density at radius 3 is 2.94 bits per heavy atom. The summed E-state index contributed by atoms with van der Waals surface area (Å²) in [6, 6.07) is 4.19. The summed E-state index contributed by atoms with van der Waals surface area (Å²) in [7, 11) is 1.67. The lowest BCUT2D eigenvalue weighted by Crippen LogP contribution is -2.01. The van der Waals surface area contributed by atoms with Crippen LogP contribution in [0.1, 0.15) is 36.8 Å². The van der Waals surface area contributed by atoms with Gasteiger partial charge in [0.2, 0.25) is 0 Å². The zero-order chi connectivity index (χ0) is 11.7. The van der Waals surface area contributed by atoms with E-state index in [2.05, 4.69) is 28.1 Å². The fraction of sp³-hybridized carbons (Fsp3) is 0.462. The highest BCUT2D eigenvalue weighted by molar-refractivity contribution is 9.10. The molecule has 86 valence electrons. The van der Waals surface area contributed by atoms with Crippen LogP contribution in [0, 0.1) is 0 Å². The molecule has 1 unspecified atom stereocenters. The molecule has 0 aliphatic heterocycles. The van der Waals surface area contributed by atoms with Gasteiger partial charge in [-0.05, 0) is 64.9 Å². The highest BCUT2D eigenvalue weighted by Crippen LogP contribution is 2.40. The number of benzene rings is 1. The average Bonchev–Trinajstić information content (AvgIpc) is 2.59. The van der Waals surface area contributed by atoms with Crippen LogP contribution in [0.5, 0.6) is 5.75 Å². The number of ether oxygens (including phenoxy) is 1. The summed E-state index contributed by atoms with van der Waals surface area (Å²) < 4.78 is 6.29. The quantitative estimate of drug-likeness (QED) is 0.849. The van der Waals surface area contributed by atoms with Gasteiger partial charge in [-0.25, -0.2) is 0 Å². The van der Waals surface area contributed by atoms with Gasteiger partial charge in [-0.3, -0.25) is 0 Å². The minimum absolute atomic E-state index is 0.264. The van der Waals surface area contributed by atoms with E-state index in [1.807, 2.05) is 0 Å². The van der Waals surface area contributed by atoms with Crippen LogP contribution in [0.15, 0.2) is 16.6 Å². The van der Waals surface area contributed by atoms with Crippen LogP contribution >= 0.6 is 15.9 Å². The van der Waals surface area contributed by atoms with E-state index in [4.69, 9.17) is 4.74 Å². The molecule has 1 aromatic carbocycles. The molecule has 0 heterocycles. The first-order chi connectivity index (χ1) is 7.61. The number of fused-ring (bicyclic) bond motifs is 1. The third-order valence-electron chi connectivity index (χ3n) is 3.15. The molecule has 0 radical (unpaired) electrons. The molecule has 0 aromatic heterocycles. The normalized spacial score (nSPS) is 18.3. The van der Waals surface area contributed by atoms with E-state index in [0.29, 0.717) is 12.3 Å². The molecule has 0 fully saturated rings. The monoisotopic (exact) mass is 282 g/mol. The lowest BCUT2D eigenvalue weighted by atomic mass is 9.96. The van der Waals surface area contributed by atoms with Crippen LogP contribution in [0.25, 0.3) is 0 Å². The Bertz CT molecular complexity index is 426. The number of carbonyl (C=O) groups is 1. The molecule has 2 nitrogen and oxygen atoms in total. The molecule has 1 aromatic rings. The molecule has 0 spiro atoms. The predicted octanol–water partition coefficient (Wildman–Crippen LogP) is 3.47. The first kappa shape index (κ1) is 11.6. The number of ketones is 1. The summed E-state index contributed by atoms with van der Waals surface area (Å²) in [5, 5.41) is 0. The molecular weight excluding hydrogens is 268 g/mol. The number of Topliss-reactive ketones (excluding diaryl/α,β-unsaturated/α-hetero) is 1. The van der Waals surface area contributed by atoms with Crippen molar-refractivity contribution in [3.63, 3.8) is 0 Å². The molecule has 0 saturated heterocycles. The molecule has 0 amide bonds. The largest absolute Gasteiger partial charge is 0.496 e. The number of carbonyl (C=O) groups excluding carboxylic acids is 1. The summed E-state index contributed by atoms with van der Waals surface area (Å²) in [6.45, 7) is 1.66. The van der Waals surface area contributed by atoms with Crippen LogP contribution in [0.3, 0.4) is 0 Å². The second-order valence-electron chi connectivity index (χ2n) is 4.33. The first-order valence-corrected chi connectivity index (χ1v) is 6.27. The summed E-state index contributed by atoms with van der Waals surface area (Å²) >= 11 is 3.49. The molecule has 0 bridgehead atoms. The Kier molecular flexibility index (Phi) is 3.33. The van der Waals surface area contributed by atoms with E-state index in [1.165, 1.54) is 11.1 Å². The fourth-order valence-corrected chi connectivity index (χ4v) is 2.96. The van der Waals surface area contributed by atoms with Crippen molar-refractivity contribution in [2.24, 2.45) is 0 Å². The maximum absolute atomic E-state index is 11.2. The Morgan fingerprint density at radius 1 is 1.56 bits per heavy atom. The predicted molar refractivity (Wildman–Crippen MR) is 67.1 cm³/mol. The SMILES string of the molecule is COc1cc2c(cc1Br)CCC2CC(C)=O. The number of hydrogen-bond acceptors (Lipinski definition) is 2. The molecule has 0 N–H and O–H groups in total. The highest BCUT2D eigenvalue weighted by Gasteiger charge is 2.25. The Morgan fingerprint density at radius 2 is 2.31 bits per heavy atom. The van der Waals surface area contributed by atoms with E-state index >= 15 is 0 Å². The lowest BCUT2D eigenvalue weighted by molar-refractivity contribution is -0.117. The Labute approximate surface area is 104 Å². The Balaban J connectivity index is 2.34. The molecule has 16 heavy (non-hydrogen) atoms. The minimum atomic E-state index is 0.264. The third kappa shape index (κ3) is 2.14. The van der Waals surface area contributed by atoms with Gasteiger partial charge < -0.3 is 9.53 Å². The fourth-order valence-electron chi connectivity index (χ4n) is 2.41.